The van der Waals surface area contributed by atoms with Crippen molar-refractivity contribution in [3.8, 4) is 5.75 Å². The molecule has 2 rings (SSSR count). The summed E-state index contributed by atoms with van der Waals surface area (Å²) >= 11 is 3.82. The van der Waals surface area contributed by atoms with Crippen molar-refractivity contribution in [3.05, 3.63) is 29.8 Å². The van der Waals surface area contributed by atoms with E-state index in [0.717, 1.165) is 11.7 Å². The van der Waals surface area contributed by atoms with Crippen molar-refractivity contribution >= 4 is 15.9 Å². The molecule has 0 amide bonds. The zero-order valence-corrected chi connectivity index (χ0v) is 12.8. The summed E-state index contributed by atoms with van der Waals surface area (Å²) in [7, 11) is 1.71. The molecule has 1 saturated carbocycles. The summed E-state index contributed by atoms with van der Waals surface area (Å²) in [6.45, 7) is 0. The summed E-state index contributed by atoms with van der Waals surface area (Å²) in [4.78, 5) is 0.491. The Balaban J connectivity index is 1.80. The molecule has 0 heterocycles. The van der Waals surface area contributed by atoms with E-state index in [9.17, 15) is 0 Å². The van der Waals surface area contributed by atoms with Gasteiger partial charge in [0.05, 0.1) is 7.11 Å². The van der Waals surface area contributed by atoms with Gasteiger partial charge in [-0.05, 0) is 36.5 Å². The molecule has 1 nitrogen and oxygen atoms in total. The number of hydrogen-bond donors (Lipinski definition) is 0. The fourth-order valence-electron chi connectivity index (χ4n) is 2.84. The minimum absolute atomic E-state index is 0.491. The largest absolute Gasteiger partial charge is 0.497 e. The Hall–Kier alpha value is -0.500. The van der Waals surface area contributed by atoms with Crippen LogP contribution in [0.3, 0.4) is 0 Å². The molecular weight excluding hydrogens is 288 g/mol. The average molecular weight is 311 g/mol. The molecule has 1 fully saturated rings. The minimum Gasteiger partial charge on any atom is -0.497 e. The van der Waals surface area contributed by atoms with Crippen molar-refractivity contribution in [2.24, 2.45) is 5.92 Å². The number of ether oxygens (including phenoxy) is 1. The lowest BCUT2D eigenvalue weighted by Gasteiger charge is -2.22. The maximum atomic E-state index is 5.19. The molecule has 1 aromatic rings. The molecule has 0 spiro atoms. The van der Waals surface area contributed by atoms with Gasteiger partial charge in [-0.2, -0.15) is 0 Å². The fraction of sp³-hybridized carbons (Fsp3) is 0.625. The molecule has 1 atom stereocenters. The Morgan fingerprint density at radius 3 is 2.44 bits per heavy atom. The molecule has 1 unspecified atom stereocenters. The third-order valence-corrected chi connectivity index (χ3v) is 5.02. The topological polar surface area (TPSA) is 9.23 Å². The summed E-state index contributed by atoms with van der Waals surface area (Å²) < 4.78 is 5.19. The fourth-order valence-corrected chi connectivity index (χ4v) is 3.41. The molecule has 0 saturated heterocycles. The molecular formula is C16H23BrO. The quantitative estimate of drug-likeness (QED) is 0.653. The first-order chi connectivity index (χ1) is 8.79. The summed E-state index contributed by atoms with van der Waals surface area (Å²) in [6, 6.07) is 8.42. The number of halogens is 1. The van der Waals surface area contributed by atoms with Crippen LogP contribution in [0.5, 0.6) is 5.75 Å². The van der Waals surface area contributed by atoms with Crippen LogP contribution in [-0.4, -0.2) is 7.11 Å². The predicted molar refractivity (Wildman–Crippen MR) is 80.5 cm³/mol. The molecule has 0 radical (unpaired) electrons. The van der Waals surface area contributed by atoms with Crippen molar-refractivity contribution in [1.82, 2.24) is 0 Å². The SMILES string of the molecule is COc1ccc(C(Br)CCC2CCCCC2)cc1. The second-order valence-corrected chi connectivity index (χ2v) is 6.43. The zero-order chi connectivity index (χ0) is 12.8. The van der Waals surface area contributed by atoms with Gasteiger partial charge in [-0.15, -0.1) is 0 Å². The van der Waals surface area contributed by atoms with Gasteiger partial charge in [0.15, 0.2) is 0 Å². The van der Waals surface area contributed by atoms with Gasteiger partial charge in [0.25, 0.3) is 0 Å². The lowest BCUT2D eigenvalue weighted by atomic mass is 9.85. The van der Waals surface area contributed by atoms with Crippen molar-refractivity contribution < 1.29 is 4.74 Å². The summed E-state index contributed by atoms with van der Waals surface area (Å²) in [5, 5.41) is 0. The molecule has 1 aliphatic rings. The van der Waals surface area contributed by atoms with Gasteiger partial charge in [0.2, 0.25) is 0 Å². The second-order valence-electron chi connectivity index (χ2n) is 5.32. The summed E-state index contributed by atoms with van der Waals surface area (Å²) in [5.41, 5.74) is 1.37. The monoisotopic (exact) mass is 310 g/mol. The molecule has 1 aliphatic carbocycles. The van der Waals surface area contributed by atoms with E-state index in [0.29, 0.717) is 4.83 Å². The molecule has 1 aromatic carbocycles. The van der Waals surface area contributed by atoms with Crippen molar-refractivity contribution in [2.45, 2.75) is 49.8 Å². The third kappa shape index (κ3) is 4.01. The lowest BCUT2D eigenvalue weighted by molar-refractivity contribution is 0.332. The van der Waals surface area contributed by atoms with Gasteiger partial charge < -0.3 is 4.74 Å². The van der Waals surface area contributed by atoms with Crippen molar-refractivity contribution in [1.29, 1.82) is 0 Å². The summed E-state index contributed by atoms with van der Waals surface area (Å²) in [5.74, 6) is 1.91. The molecule has 0 aliphatic heterocycles. The number of hydrogen-bond acceptors (Lipinski definition) is 1. The number of benzene rings is 1. The van der Waals surface area contributed by atoms with Gasteiger partial charge in [0.1, 0.15) is 5.75 Å². The van der Waals surface area contributed by atoms with Crippen LogP contribution in [0.1, 0.15) is 55.3 Å². The highest BCUT2D eigenvalue weighted by Gasteiger charge is 2.15. The Bertz CT molecular complexity index is 341. The van der Waals surface area contributed by atoms with E-state index < -0.39 is 0 Å². The molecule has 0 N–H and O–H groups in total. The Kier molecular flexibility index (Phi) is 5.55. The van der Waals surface area contributed by atoms with Gasteiger partial charge in [-0.25, -0.2) is 0 Å². The average Bonchev–Trinajstić information content (AvgIpc) is 2.46. The first-order valence-corrected chi connectivity index (χ1v) is 7.99. The maximum absolute atomic E-state index is 5.19. The minimum atomic E-state index is 0.491. The first-order valence-electron chi connectivity index (χ1n) is 7.07. The van der Waals surface area contributed by atoms with Gasteiger partial charge in [-0.1, -0.05) is 60.2 Å². The van der Waals surface area contributed by atoms with E-state index in [1.165, 1.54) is 50.5 Å². The van der Waals surface area contributed by atoms with E-state index in [1.807, 2.05) is 12.1 Å². The number of rotatable bonds is 5. The highest BCUT2D eigenvalue weighted by atomic mass is 79.9. The molecule has 0 aromatic heterocycles. The van der Waals surface area contributed by atoms with Gasteiger partial charge in [0, 0.05) is 4.83 Å². The first kappa shape index (κ1) is 13.9. The van der Waals surface area contributed by atoms with Crippen LogP contribution in [0.25, 0.3) is 0 Å². The van der Waals surface area contributed by atoms with E-state index in [4.69, 9.17) is 4.74 Å². The lowest BCUT2D eigenvalue weighted by Crippen LogP contribution is -2.07. The zero-order valence-electron chi connectivity index (χ0n) is 11.2. The van der Waals surface area contributed by atoms with E-state index in [-0.39, 0.29) is 0 Å². The normalized spacial score (nSPS) is 18.6. The summed E-state index contributed by atoms with van der Waals surface area (Å²) in [6.07, 6.45) is 9.84. The van der Waals surface area contributed by atoms with Gasteiger partial charge in [-0.3, -0.25) is 0 Å². The standard InChI is InChI=1S/C16H23BrO/c1-18-15-10-8-14(9-11-15)16(17)12-7-13-5-3-2-4-6-13/h8-11,13,16H,2-7,12H2,1H3. The Morgan fingerprint density at radius 1 is 1.17 bits per heavy atom. The Labute approximate surface area is 119 Å². The smallest absolute Gasteiger partial charge is 0.118 e. The van der Waals surface area contributed by atoms with E-state index >= 15 is 0 Å². The second kappa shape index (κ2) is 7.18. The van der Waals surface area contributed by atoms with Crippen LogP contribution in [0.2, 0.25) is 0 Å². The van der Waals surface area contributed by atoms with E-state index in [2.05, 4.69) is 28.1 Å². The third-order valence-electron chi connectivity index (χ3n) is 4.03. The van der Waals surface area contributed by atoms with Crippen LogP contribution in [0, 0.1) is 5.92 Å². The molecule has 18 heavy (non-hydrogen) atoms. The van der Waals surface area contributed by atoms with E-state index in [1.54, 1.807) is 7.11 Å². The van der Waals surface area contributed by atoms with Crippen LogP contribution in [0.15, 0.2) is 24.3 Å². The van der Waals surface area contributed by atoms with Crippen LogP contribution in [0.4, 0.5) is 0 Å². The molecule has 2 heteroatoms. The highest BCUT2D eigenvalue weighted by Crippen LogP contribution is 2.34. The maximum Gasteiger partial charge on any atom is 0.118 e. The van der Waals surface area contributed by atoms with Crippen LogP contribution >= 0.6 is 15.9 Å². The molecule has 0 bridgehead atoms. The van der Waals surface area contributed by atoms with Crippen LogP contribution < -0.4 is 4.74 Å². The Morgan fingerprint density at radius 2 is 1.83 bits per heavy atom. The highest BCUT2D eigenvalue weighted by molar-refractivity contribution is 9.09. The predicted octanol–water partition coefficient (Wildman–Crippen LogP) is 5.49. The van der Waals surface area contributed by atoms with Crippen molar-refractivity contribution in [3.63, 3.8) is 0 Å². The molecule has 100 valence electrons. The number of methoxy groups -OCH3 is 1. The van der Waals surface area contributed by atoms with Crippen molar-refractivity contribution in [2.75, 3.05) is 7.11 Å². The van der Waals surface area contributed by atoms with Crippen LogP contribution in [-0.2, 0) is 0 Å². The number of alkyl halides is 1. The van der Waals surface area contributed by atoms with Gasteiger partial charge >= 0.3 is 0 Å².